The topological polar surface area (TPSA) is 55.4 Å². The normalized spacial score (nSPS) is 11.6. The van der Waals surface area contributed by atoms with Crippen LogP contribution in [0.25, 0.3) is 0 Å². The Morgan fingerprint density at radius 3 is 2.53 bits per heavy atom. The maximum Gasteiger partial charge on any atom is 0.339 e. The van der Waals surface area contributed by atoms with Crippen LogP contribution in [0.4, 0.5) is 0 Å². The Morgan fingerprint density at radius 1 is 1.35 bits per heavy atom. The van der Waals surface area contributed by atoms with Crippen LogP contribution < -0.4 is 5.32 Å². The number of amides is 1. The van der Waals surface area contributed by atoms with Gasteiger partial charge in [-0.25, -0.2) is 4.79 Å². The Bertz CT molecular complexity index is 381. The average Bonchev–Trinajstić information content (AvgIpc) is 2.38. The van der Waals surface area contributed by atoms with Crippen LogP contribution in [0.1, 0.15) is 17.3 Å². The van der Waals surface area contributed by atoms with Crippen molar-refractivity contribution in [2.75, 3.05) is 12.9 Å². The van der Waals surface area contributed by atoms with Crippen LogP contribution in [0.3, 0.4) is 0 Å². The average molecular weight is 253 g/mol. The molecule has 1 aromatic carbocycles. The van der Waals surface area contributed by atoms with E-state index in [0.29, 0.717) is 5.56 Å². The lowest BCUT2D eigenvalue weighted by molar-refractivity contribution is -0.140. The van der Waals surface area contributed by atoms with E-state index in [0.717, 1.165) is 5.75 Å². The first-order valence-electron chi connectivity index (χ1n) is 5.24. The molecule has 1 N–H and O–H groups in total. The fraction of sp³-hybridized carbons (Fsp3) is 0.333. The van der Waals surface area contributed by atoms with E-state index in [9.17, 15) is 9.59 Å². The molecule has 1 rings (SSSR count). The van der Waals surface area contributed by atoms with Crippen molar-refractivity contribution in [3.63, 3.8) is 0 Å². The van der Waals surface area contributed by atoms with Crippen molar-refractivity contribution < 1.29 is 14.3 Å². The summed E-state index contributed by atoms with van der Waals surface area (Å²) in [7, 11) is 1.31. The number of thioether (sulfide) groups is 1. The maximum absolute atomic E-state index is 11.8. The molecule has 5 heteroatoms. The number of benzene rings is 1. The molecule has 1 unspecified atom stereocenters. The smallest absolute Gasteiger partial charge is 0.339 e. The zero-order chi connectivity index (χ0) is 12.7. The number of methoxy groups -OCH3 is 1. The first-order valence-corrected chi connectivity index (χ1v) is 6.29. The van der Waals surface area contributed by atoms with Crippen molar-refractivity contribution >= 4 is 23.6 Å². The summed E-state index contributed by atoms with van der Waals surface area (Å²) in [6, 6.07) is 8.76. The number of nitrogens with one attached hydrogen (secondary N) is 1. The SMILES string of the molecule is CCSC(NC(=O)c1ccccc1)C(=O)OC. The molecule has 0 aliphatic carbocycles. The first kappa shape index (κ1) is 13.6. The van der Waals surface area contributed by atoms with E-state index in [1.165, 1.54) is 18.9 Å². The van der Waals surface area contributed by atoms with E-state index in [-0.39, 0.29) is 5.91 Å². The van der Waals surface area contributed by atoms with Gasteiger partial charge in [-0.1, -0.05) is 25.1 Å². The predicted octanol–water partition coefficient (Wildman–Crippen LogP) is 1.67. The summed E-state index contributed by atoms with van der Waals surface area (Å²) in [4.78, 5) is 23.2. The second-order valence-corrected chi connectivity index (χ2v) is 4.58. The number of rotatable bonds is 5. The van der Waals surface area contributed by atoms with Crippen molar-refractivity contribution in [2.45, 2.75) is 12.3 Å². The van der Waals surface area contributed by atoms with Crippen LogP contribution in [-0.2, 0) is 9.53 Å². The molecule has 1 aromatic rings. The highest BCUT2D eigenvalue weighted by Crippen LogP contribution is 2.10. The molecule has 1 atom stereocenters. The lowest BCUT2D eigenvalue weighted by Crippen LogP contribution is -2.39. The maximum atomic E-state index is 11.8. The molecule has 0 aliphatic rings. The highest BCUT2D eigenvalue weighted by Gasteiger charge is 2.21. The van der Waals surface area contributed by atoms with E-state index in [2.05, 4.69) is 10.1 Å². The third-order valence-corrected chi connectivity index (χ3v) is 3.02. The van der Waals surface area contributed by atoms with Gasteiger partial charge in [-0.2, -0.15) is 0 Å². The fourth-order valence-electron chi connectivity index (χ4n) is 1.23. The molecule has 0 heterocycles. The van der Waals surface area contributed by atoms with E-state index in [1.54, 1.807) is 24.3 Å². The van der Waals surface area contributed by atoms with Crippen LogP contribution in [0.2, 0.25) is 0 Å². The van der Waals surface area contributed by atoms with Crippen LogP contribution in [0.15, 0.2) is 30.3 Å². The fourth-order valence-corrected chi connectivity index (χ4v) is 1.99. The highest BCUT2D eigenvalue weighted by atomic mass is 32.2. The Hall–Kier alpha value is -1.49. The minimum absolute atomic E-state index is 0.276. The zero-order valence-electron chi connectivity index (χ0n) is 9.80. The van der Waals surface area contributed by atoms with Gasteiger partial charge in [0.2, 0.25) is 0 Å². The van der Waals surface area contributed by atoms with Crippen LogP contribution in [0, 0.1) is 0 Å². The quantitative estimate of drug-likeness (QED) is 0.640. The Morgan fingerprint density at radius 2 is 2.00 bits per heavy atom. The first-order chi connectivity index (χ1) is 8.19. The largest absolute Gasteiger partial charge is 0.467 e. The summed E-state index contributed by atoms with van der Waals surface area (Å²) < 4.78 is 4.63. The van der Waals surface area contributed by atoms with Gasteiger partial charge in [-0.05, 0) is 17.9 Å². The minimum Gasteiger partial charge on any atom is -0.467 e. The van der Waals surface area contributed by atoms with Gasteiger partial charge in [0, 0.05) is 5.56 Å². The molecule has 0 spiro atoms. The van der Waals surface area contributed by atoms with Crippen molar-refractivity contribution in [3.8, 4) is 0 Å². The van der Waals surface area contributed by atoms with Gasteiger partial charge < -0.3 is 10.1 Å². The van der Waals surface area contributed by atoms with Gasteiger partial charge >= 0.3 is 5.97 Å². The second-order valence-electron chi connectivity index (χ2n) is 3.20. The van der Waals surface area contributed by atoms with Gasteiger partial charge in [0.15, 0.2) is 5.37 Å². The van der Waals surface area contributed by atoms with E-state index in [4.69, 9.17) is 0 Å². The number of hydrogen-bond acceptors (Lipinski definition) is 4. The number of carbonyl (C=O) groups is 2. The van der Waals surface area contributed by atoms with Crippen LogP contribution in [-0.4, -0.2) is 30.1 Å². The third kappa shape index (κ3) is 4.11. The summed E-state index contributed by atoms with van der Waals surface area (Å²) in [6.07, 6.45) is 0. The van der Waals surface area contributed by atoms with Crippen molar-refractivity contribution in [1.29, 1.82) is 0 Å². The van der Waals surface area contributed by atoms with E-state index < -0.39 is 11.3 Å². The molecule has 4 nitrogen and oxygen atoms in total. The predicted molar refractivity (Wildman–Crippen MR) is 67.8 cm³/mol. The molecule has 0 saturated carbocycles. The molecular weight excluding hydrogens is 238 g/mol. The molecule has 1 amide bonds. The summed E-state index contributed by atoms with van der Waals surface area (Å²) >= 11 is 1.33. The highest BCUT2D eigenvalue weighted by molar-refractivity contribution is 8.00. The molecule has 0 radical (unpaired) electrons. The van der Waals surface area contributed by atoms with Crippen molar-refractivity contribution in [2.24, 2.45) is 0 Å². The monoisotopic (exact) mass is 253 g/mol. The summed E-state index contributed by atoms with van der Waals surface area (Å²) in [5.74, 6) is -0.00227. The van der Waals surface area contributed by atoms with Crippen molar-refractivity contribution in [1.82, 2.24) is 5.32 Å². The molecule has 17 heavy (non-hydrogen) atoms. The zero-order valence-corrected chi connectivity index (χ0v) is 10.6. The summed E-state index contributed by atoms with van der Waals surface area (Å²) in [6.45, 7) is 1.91. The van der Waals surface area contributed by atoms with Gasteiger partial charge in [-0.3, -0.25) is 4.79 Å². The second kappa shape index (κ2) is 6.96. The lowest BCUT2D eigenvalue weighted by Gasteiger charge is -2.15. The summed E-state index contributed by atoms with van der Waals surface area (Å²) in [5.41, 5.74) is 0.526. The number of esters is 1. The number of carbonyl (C=O) groups excluding carboxylic acids is 2. The van der Waals surface area contributed by atoms with Gasteiger partial charge in [0.25, 0.3) is 5.91 Å². The molecule has 92 valence electrons. The number of ether oxygens (including phenoxy) is 1. The van der Waals surface area contributed by atoms with Gasteiger partial charge in [0.05, 0.1) is 7.11 Å². The van der Waals surface area contributed by atoms with Gasteiger partial charge in [0.1, 0.15) is 0 Å². The Balaban J connectivity index is 2.67. The number of hydrogen-bond donors (Lipinski definition) is 1. The molecule has 0 saturated heterocycles. The third-order valence-electron chi connectivity index (χ3n) is 2.05. The molecule has 0 aliphatic heterocycles. The minimum atomic E-state index is -0.655. The summed E-state index contributed by atoms with van der Waals surface area (Å²) in [5, 5.41) is 1.98. The molecule has 0 fully saturated rings. The van der Waals surface area contributed by atoms with Crippen molar-refractivity contribution in [3.05, 3.63) is 35.9 Å². The van der Waals surface area contributed by atoms with Gasteiger partial charge in [-0.15, -0.1) is 11.8 Å². The van der Waals surface area contributed by atoms with Crippen LogP contribution in [0.5, 0.6) is 0 Å². The van der Waals surface area contributed by atoms with Crippen LogP contribution >= 0.6 is 11.8 Å². The Kier molecular flexibility index (Phi) is 5.56. The molecule has 0 aromatic heterocycles. The van der Waals surface area contributed by atoms with E-state index in [1.807, 2.05) is 13.0 Å². The Labute approximate surface area is 105 Å². The van der Waals surface area contributed by atoms with E-state index >= 15 is 0 Å². The lowest BCUT2D eigenvalue weighted by atomic mass is 10.2. The molecule has 0 bridgehead atoms. The standard InChI is InChI=1S/C12H15NO3S/c1-3-17-11(12(15)16-2)13-10(14)9-7-5-4-6-8-9/h4-8,11H,3H2,1-2H3,(H,13,14). The molecular formula is C12H15NO3S.